The minimum atomic E-state index is 1.13. The van der Waals surface area contributed by atoms with E-state index in [2.05, 4.69) is 191 Å². The molecule has 1 heterocycles. The molecule has 0 bridgehead atoms. The zero-order valence-electron chi connectivity index (χ0n) is 27.2. The molecule has 9 aromatic carbocycles. The third-order valence-corrected chi connectivity index (χ3v) is 10.6. The highest BCUT2D eigenvalue weighted by Crippen LogP contribution is 2.52. The van der Waals surface area contributed by atoms with Crippen LogP contribution in [0.2, 0.25) is 0 Å². The summed E-state index contributed by atoms with van der Waals surface area (Å²) in [7, 11) is 0. The zero-order chi connectivity index (χ0) is 32.8. The molecule has 11 rings (SSSR count). The van der Waals surface area contributed by atoms with E-state index in [-0.39, 0.29) is 0 Å². The lowest BCUT2D eigenvalue weighted by molar-refractivity contribution is 1.18. The van der Waals surface area contributed by atoms with Gasteiger partial charge in [-0.25, -0.2) is 0 Å². The summed E-state index contributed by atoms with van der Waals surface area (Å²) in [5.74, 6) is 0. The maximum absolute atomic E-state index is 2.41. The monoisotopic (exact) mass is 634 g/mol. The van der Waals surface area contributed by atoms with Crippen molar-refractivity contribution in [3.05, 3.63) is 182 Å². The molecule has 1 aliphatic carbocycles. The largest absolute Gasteiger partial charge is 0.310 e. The van der Waals surface area contributed by atoms with Crippen LogP contribution >= 0.6 is 0 Å². The van der Waals surface area contributed by atoms with Gasteiger partial charge in [-0.05, 0) is 121 Å². The molecule has 0 aliphatic heterocycles. The van der Waals surface area contributed by atoms with Crippen LogP contribution in [0.25, 0.3) is 82.1 Å². The van der Waals surface area contributed by atoms with Gasteiger partial charge in [0.15, 0.2) is 0 Å². The predicted molar refractivity (Wildman–Crippen MR) is 212 cm³/mol. The van der Waals surface area contributed by atoms with Crippen LogP contribution in [-0.4, -0.2) is 4.57 Å². The molecule has 1 aliphatic rings. The van der Waals surface area contributed by atoms with Crippen LogP contribution in [0.5, 0.6) is 0 Å². The minimum Gasteiger partial charge on any atom is -0.310 e. The van der Waals surface area contributed by atoms with E-state index >= 15 is 0 Å². The smallest absolute Gasteiger partial charge is 0.0542 e. The van der Waals surface area contributed by atoms with Gasteiger partial charge in [0.05, 0.1) is 11.0 Å². The van der Waals surface area contributed by atoms with E-state index in [0.29, 0.717) is 0 Å². The number of benzene rings is 9. The van der Waals surface area contributed by atoms with Crippen LogP contribution in [0.15, 0.2) is 182 Å². The molecule has 0 atom stereocenters. The van der Waals surface area contributed by atoms with Crippen molar-refractivity contribution in [2.24, 2.45) is 0 Å². The number of anilines is 3. The maximum Gasteiger partial charge on any atom is 0.0542 e. The molecule has 0 amide bonds. The lowest BCUT2D eigenvalue weighted by Gasteiger charge is -2.26. The third kappa shape index (κ3) is 3.90. The van der Waals surface area contributed by atoms with Gasteiger partial charge in [0.2, 0.25) is 0 Å². The first-order valence-corrected chi connectivity index (χ1v) is 17.3. The molecule has 1 aromatic heterocycles. The summed E-state index contributed by atoms with van der Waals surface area (Å²) in [6.07, 6.45) is 0. The fourth-order valence-electron chi connectivity index (χ4n) is 8.46. The van der Waals surface area contributed by atoms with Crippen LogP contribution < -0.4 is 4.90 Å². The lowest BCUT2D eigenvalue weighted by Crippen LogP contribution is -2.10. The van der Waals surface area contributed by atoms with Crippen molar-refractivity contribution in [1.29, 1.82) is 0 Å². The lowest BCUT2D eigenvalue weighted by atomic mass is 9.96. The Hall–Kier alpha value is -6.64. The molecule has 0 saturated carbocycles. The molecule has 232 valence electrons. The molecular weight excluding hydrogens is 605 g/mol. The van der Waals surface area contributed by atoms with E-state index in [1.807, 2.05) is 0 Å². The Bertz CT molecular complexity index is 2990. The Kier molecular flexibility index (Phi) is 5.70. The average molecular weight is 635 g/mol. The number of hydrogen-bond acceptors (Lipinski definition) is 1. The summed E-state index contributed by atoms with van der Waals surface area (Å²) in [6.45, 7) is 0. The van der Waals surface area contributed by atoms with Gasteiger partial charge in [-0.15, -0.1) is 0 Å². The number of hydrogen-bond donors (Lipinski definition) is 0. The summed E-state index contributed by atoms with van der Waals surface area (Å²) >= 11 is 0. The molecule has 0 fully saturated rings. The number of para-hydroxylation sites is 2. The predicted octanol–water partition coefficient (Wildman–Crippen LogP) is 13.4. The van der Waals surface area contributed by atoms with E-state index in [0.717, 1.165) is 17.1 Å². The van der Waals surface area contributed by atoms with Gasteiger partial charge in [-0.3, -0.25) is 0 Å². The second-order valence-corrected chi connectivity index (χ2v) is 13.4. The highest BCUT2D eigenvalue weighted by atomic mass is 15.1. The Balaban J connectivity index is 1.12. The average Bonchev–Trinajstić information content (AvgIpc) is 3.69. The van der Waals surface area contributed by atoms with Crippen LogP contribution in [0.3, 0.4) is 0 Å². The van der Waals surface area contributed by atoms with Crippen molar-refractivity contribution >= 4 is 71.2 Å². The topological polar surface area (TPSA) is 8.17 Å². The molecule has 50 heavy (non-hydrogen) atoms. The summed E-state index contributed by atoms with van der Waals surface area (Å²) in [5, 5.41) is 10.2. The quantitative estimate of drug-likeness (QED) is 0.175. The molecular formula is C48H30N2. The summed E-state index contributed by atoms with van der Waals surface area (Å²) in [5.41, 5.74) is 12.2. The molecule has 0 N–H and O–H groups in total. The summed E-state index contributed by atoms with van der Waals surface area (Å²) in [6, 6.07) is 66.8. The number of rotatable bonds is 4. The zero-order valence-corrected chi connectivity index (χ0v) is 27.2. The van der Waals surface area contributed by atoms with Gasteiger partial charge in [0, 0.05) is 33.5 Å². The normalized spacial score (nSPS) is 12.0. The molecule has 2 nitrogen and oxygen atoms in total. The van der Waals surface area contributed by atoms with E-state index in [9.17, 15) is 0 Å². The van der Waals surface area contributed by atoms with Crippen LogP contribution in [0.4, 0.5) is 17.1 Å². The standard InChI is InChI=1S/C48H30N2/c1-2-15-35(16-3-1)49(37-23-25-42-43(29-37)41-19-10-14-34-27-33-13-6-7-17-39(33)48(42)47(34)41)38-24-26-46-44(30-38)40-18-8-9-20-45(40)50(46)36-22-21-31-11-4-5-12-32(31)28-36/h1-30H. The first-order chi connectivity index (χ1) is 24.8. The first kappa shape index (κ1) is 27.3. The number of nitrogens with zero attached hydrogens (tertiary/aromatic N) is 2. The fraction of sp³-hybridized carbons (Fsp3) is 0. The molecule has 0 unspecified atom stereocenters. The highest BCUT2D eigenvalue weighted by molar-refractivity contribution is 6.24. The minimum absolute atomic E-state index is 1.13. The Morgan fingerprint density at radius 1 is 0.340 bits per heavy atom. The van der Waals surface area contributed by atoms with Crippen molar-refractivity contribution in [2.75, 3.05) is 4.90 Å². The van der Waals surface area contributed by atoms with Crippen LogP contribution in [-0.2, 0) is 0 Å². The van der Waals surface area contributed by atoms with Gasteiger partial charge in [-0.1, -0.05) is 115 Å². The van der Waals surface area contributed by atoms with Crippen molar-refractivity contribution < 1.29 is 0 Å². The second-order valence-electron chi connectivity index (χ2n) is 13.4. The van der Waals surface area contributed by atoms with Crippen molar-refractivity contribution in [3.63, 3.8) is 0 Å². The van der Waals surface area contributed by atoms with E-state index in [4.69, 9.17) is 0 Å². The molecule has 0 spiro atoms. The maximum atomic E-state index is 2.41. The molecule has 10 aromatic rings. The van der Waals surface area contributed by atoms with Gasteiger partial charge in [-0.2, -0.15) is 0 Å². The molecule has 0 saturated heterocycles. The Morgan fingerprint density at radius 3 is 1.94 bits per heavy atom. The highest BCUT2D eigenvalue weighted by Gasteiger charge is 2.25. The summed E-state index contributed by atoms with van der Waals surface area (Å²) in [4.78, 5) is 2.41. The van der Waals surface area contributed by atoms with Gasteiger partial charge >= 0.3 is 0 Å². The van der Waals surface area contributed by atoms with E-state index in [1.54, 1.807) is 0 Å². The van der Waals surface area contributed by atoms with E-state index in [1.165, 1.54) is 82.1 Å². The Morgan fingerprint density at radius 2 is 1.04 bits per heavy atom. The van der Waals surface area contributed by atoms with Crippen molar-refractivity contribution in [1.82, 2.24) is 4.57 Å². The number of fused-ring (bicyclic) bond motifs is 9. The summed E-state index contributed by atoms with van der Waals surface area (Å²) < 4.78 is 2.41. The van der Waals surface area contributed by atoms with Gasteiger partial charge in [0.25, 0.3) is 0 Å². The first-order valence-electron chi connectivity index (χ1n) is 17.3. The van der Waals surface area contributed by atoms with Crippen LogP contribution in [0.1, 0.15) is 0 Å². The Labute approximate surface area is 289 Å². The van der Waals surface area contributed by atoms with E-state index < -0.39 is 0 Å². The molecule has 0 radical (unpaired) electrons. The van der Waals surface area contributed by atoms with Gasteiger partial charge in [0.1, 0.15) is 0 Å². The second kappa shape index (κ2) is 10.4. The third-order valence-electron chi connectivity index (χ3n) is 10.6. The SMILES string of the molecule is c1ccc(N(c2ccc3c(c2)-c2cccc4cc5ccccc5c-3c24)c2ccc3c(c2)c2ccccc2n3-c2ccc3ccccc3c2)cc1. The van der Waals surface area contributed by atoms with Crippen molar-refractivity contribution in [2.45, 2.75) is 0 Å². The molecule has 2 heteroatoms. The number of aromatic nitrogens is 1. The fourth-order valence-corrected chi connectivity index (χ4v) is 8.46. The van der Waals surface area contributed by atoms with Crippen molar-refractivity contribution in [3.8, 4) is 27.9 Å². The van der Waals surface area contributed by atoms with Gasteiger partial charge < -0.3 is 9.47 Å². The van der Waals surface area contributed by atoms with Crippen LogP contribution in [0, 0.1) is 0 Å².